The molecule has 0 radical (unpaired) electrons. The lowest BCUT2D eigenvalue weighted by molar-refractivity contribution is -0.883. The Kier molecular flexibility index (Phi) is 5.38. The Morgan fingerprint density at radius 1 is 1.24 bits per heavy atom. The number of nitrogens with one attached hydrogen (secondary N) is 1. The number of rotatable bonds is 4. The predicted molar refractivity (Wildman–Crippen MR) is 83.0 cm³/mol. The molecule has 1 aliphatic heterocycles. The Balaban J connectivity index is 2.34. The van der Waals surface area contributed by atoms with Crippen molar-refractivity contribution < 1.29 is 18.1 Å². The molecule has 0 unspecified atom stereocenters. The second-order valence-corrected chi connectivity index (χ2v) is 7.73. The van der Waals surface area contributed by atoms with Gasteiger partial charge in [-0.2, -0.15) is 4.31 Å². The number of likely N-dealkylation sites (N-methyl/N-ethyl adjacent to an activating group) is 1. The molecule has 0 aromatic heterocycles. The zero-order chi connectivity index (χ0) is 15.6. The molecule has 1 aromatic rings. The highest BCUT2D eigenvalue weighted by Gasteiger charge is 2.31. The average molecular weight is 354 g/mol. The summed E-state index contributed by atoms with van der Waals surface area (Å²) in [5.41, 5.74) is 0. The number of benzene rings is 1. The zero-order valence-electron chi connectivity index (χ0n) is 12.0. The van der Waals surface area contributed by atoms with Crippen LogP contribution in [0.2, 0.25) is 10.0 Å². The van der Waals surface area contributed by atoms with E-state index in [-0.39, 0.29) is 14.9 Å². The van der Waals surface area contributed by atoms with Crippen LogP contribution in [0.15, 0.2) is 17.0 Å². The molecular weight excluding hydrogens is 335 g/mol. The molecule has 0 spiro atoms. The van der Waals surface area contributed by atoms with E-state index < -0.39 is 10.0 Å². The van der Waals surface area contributed by atoms with Gasteiger partial charge in [-0.05, 0) is 13.0 Å². The topological polar surface area (TPSA) is 51.1 Å². The van der Waals surface area contributed by atoms with Gasteiger partial charge in [-0.25, -0.2) is 8.42 Å². The summed E-state index contributed by atoms with van der Waals surface area (Å²) in [6.07, 6.45) is 0. The molecule has 118 valence electrons. The lowest BCUT2D eigenvalue weighted by atomic mass is 10.3. The Bertz CT molecular complexity index is 614. The summed E-state index contributed by atoms with van der Waals surface area (Å²) in [5, 5.41) is 0.383. The monoisotopic (exact) mass is 353 g/mol. The van der Waals surface area contributed by atoms with Gasteiger partial charge in [-0.1, -0.05) is 23.2 Å². The van der Waals surface area contributed by atoms with Crippen LogP contribution in [0.3, 0.4) is 0 Å². The Morgan fingerprint density at radius 3 is 2.43 bits per heavy atom. The first-order valence-electron chi connectivity index (χ1n) is 6.79. The highest BCUT2D eigenvalue weighted by Crippen LogP contribution is 2.34. The SMILES string of the molecule is CCOc1cc(Cl)c(S(=O)(=O)N2CC[NH+](C)CC2)cc1Cl. The molecule has 0 bridgehead atoms. The minimum atomic E-state index is -3.62. The van der Waals surface area contributed by atoms with Crippen LogP contribution in [-0.4, -0.2) is 52.6 Å². The summed E-state index contributed by atoms with van der Waals surface area (Å²) in [5.74, 6) is 0.394. The van der Waals surface area contributed by atoms with Gasteiger partial charge in [-0.3, -0.25) is 0 Å². The van der Waals surface area contributed by atoms with Crippen molar-refractivity contribution in [1.29, 1.82) is 0 Å². The molecule has 8 heteroatoms. The normalized spacial score (nSPS) is 17.9. The van der Waals surface area contributed by atoms with Gasteiger partial charge in [0.15, 0.2) is 0 Å². The van der Waals surface area contributed by atoms with Crippen molar-refractivity contribution in [2.45, 2.75) is 11.8 Å². The molecule has 1 heterocycles. The van der Waals surface area contributed by atoms with Crippen LogP contribution in [0.4, 0.5) is 0 Å². The maximum absolute atomic E-state index is 12.7. The number of nitrogens with zero attached hydrogens (tertiary/aromatic N) is 1. The van der Waals surface area contributed by atoms with E-state index in [0.717, 1.165) is 13.1 Å². The fourth-order valence-electron chi connectivity index (χ4n) is 2.22. The lowest BCUT2D eigenvalue weighted by Gasteiger charge is -2.29. The van der Waals surface area contributed by atoms with Crippen molar-refractivity contribution in [3.8, 4) is 5.75 Å². The number of piperazine rings is 1. The van der Waals surface area contributed by atoms with Gasteiger partial charge in [0.1, 0.15) is 10.6 Å². The van der Waals surface area contributed by atoms with Gasteiger partial charge in [0.25, 0.3) is 0 Å². The number of ether oxygens (including phenoxy) is 1. The number of hydrogen-bond donors (Lipinski definition) is 1. The largest absolute Gasteiger partial charge is 0.492 e. The van der Waals surface area contributed by atoms with Gasteiger partial charge in [0.2, 0.25) is 10.0 Å². The van der Waals surface area contributed by atoms with Crippen LogP contribution in [0.1, 0.15) is 6.92 Å². The Hall–Kier alpha value is -0.530. The van der Waals surface area contributed by atoms with Crippen LogP contribution in [0.5, 0.6) is 5.75 Å². The second-order valence-electron chi connectivity index (χ2n) is 5.01. The molecule has 21 heavy (non-hydrogen) atoms. The summed E-state index contributed by atoms with van der Waals surface area (Å²) in [6, 6.07) is 2.83. The number of halogens is 2. The first kappa shape index (κ1) is 16.8. The fraction of sp³-hybridized carbons (Fsp3) is 0.538. The van der Waals surface area contributed by atoms with E-state index >= 15 is 0 Å². The second kappa shape index (κ2) is 6.71. The van der Waals surface area contributed by atoms with Crippen molar-refractivity contribution in [3.05, 3.63) is 22.2 Å². The van der Waals surface area contributed by atoms with E-state index in [1.165, 1.54) is 21.3 Å². The summed E-state index contributed by atoms with van der Waals surface area (Å²) < 4.78 is 32.1. The molecule has 2 rings (SSSR count). The van der Waals surface area contributed by atoms with Crippen LogP contribution in [0, 0.1) is 0 Å². The van der Waals surface area contributed by atoms with Crippen molar-refractivity contribution in [2.24, 2.45) is 0 Å². The van der Waals surface area contributed by atoms with Gasteiger partial charge in [0.05, 0.1) is 49.9 Å². The lowest BCUT2D eigenvalue weighted by Crippen LogP contribution is -3.12. The minimum Gasteiger partial charge on any atom is -0.492 e. The van der Waals surface area contributed by atoms with Gasteiger partial charge >= 0.3 is 0 Å². The molecular formula is C13H19Cl2N2O3S+. The highest BCUT2D eigenvalue weighted by molar-refractivity contribution is 7.89. The minimum absolute atomic E-state index is 0.0390. The van der Waals surface area contributed by atoms with Gasteiger partial charge in [0, 0.05) is 6.07 Å². The predicted octanol–water partition coefficient (Wildman–Crippen LogP) is 0.911. The van der Waals surface area contributed by atoms with Crippen LogP contribution < -0.4 is 9.64 Å². The summed E-state index contributed by atoms with van der Waals surface area (Å²) >= 11 is 12.2. The molecule has 1 N–H and O–H groups in total. The molecule has 1 fully saturated rings. The van der Waals surface area contributed by atoms with Crippen LogP contribution in [-0.2, 0) is 10.0 Å². The van der Waals surface area contributed by atoms with Crippen molar-refractivity contribution in [3.63, 3.8) is 0 Å². The van der Waals surface area contributed by atoms with Gasteiger partial charge in [-0.15, -0.1) is 0 Å². The third-order valence-corrected chi connectivity index (χ3v) is 6.14. The molecule has 1 aliphatic rings. The molecule has 0 atom stereocenters. The van der Waals surface area contributed by atoms with E-state index in [9.17, 15) is 8.42 Å². The van der Waals surface area contributed by atoms with E-state index in [1.54, 1.807) is 0 Å². The van der Waals surface area contributed by atoms with Crippen molar-refractivity contribution >= 4 is 33.2 Å². The molecule has 5 nitrogen and oxygen atoms in total. The average Bonchev–Trinajstić information content (AvgIpc) is 2.43. The van der Waals surface area contributed by atoms with E-state index in [2.05, 4.69) is 0 Å². The maximum Gasteiger partial charge on any atom is 0.245 e. The van der Waals surface area contributed by atoms with Crippen molar-refractivity contribution in [2.75, 3.05) is 39.8 Å². The summed E-state index contributed by atoms with van der Waals surface area (Å²) in [4.78, 5) is 1.36. The molecule has 0 amide bonds. The highest BCUT2D eigenvalue weighted by atomic mass is 35.5. The van der Waals surface area contributed by atoms with Gasteiger partial charge < -0.3 is 9.64 Å². The van der Waals surface area contributed by atoms with Crippen LogP contribution >= 0.6 is 23.2 Å². The third-order valence-electron chi connectivity index (χ3n) is 3.48. The molecule has 1 saturated heterocycles. The van der Waals surface area contributed by atoms with E-state index in [1.807, 2.05) is 14.0 Å². The Labute approximate surface area is 135 Å². The summed E-state index contributed by atoms with van der Waals surface area (Å²) in [7, 11) is -1.58. The first-order valence-corrected chi connectivity index (χ1v) is 8.99. The van der Waals surface area contributed by atoms with Crippen molar-refractivity contribution in [1.82, 2.24) is 4.31 Å². The zero-order valence-corrected chi connectivity index (χ0v) is 14.4. The maximum atomic E-state index is 12.7. The van der Waals surface area contributed by atoms with E-state index in [0.29, 0.717) is 25.4 Å². The first-order chi connectivity index (χ1) is 9.86. The number of sulfonamides is 1. The number of hydrogen-bond acceptors (Lipinski definition) is 3. The fourth-order valence-corrected chi connectivity index (χ4v) is 4.46. The molecule has 0 saturated carbocycles. The third kappa shape index (κ3) is 3.63. The van der Waals surface area contributed by atoms with E-state index in [4.69, 9.17) is 27.9 Å². The molecule has 0 aliphatic carbocycles. The smallest absolute Gasteiger partial charge is 0.245 e. The quantitative estimate of drug-likeness (QED) is 0.875. The standard InChI is InChI=1S/C13H18Cl2N2O3S/c1-3-20-12-8-11(15)13(9-10(12)14)21(18,19)17-6-4-16(2)5-7-17/h8-9H,3-7H2,1-2H3/p+1. The summed E-state index contributed by atoms with van der Waals surface area (Å²) in [6.45, 7) is 4.78. The Morgan fingerprint density at radius 2 is 1.86 bits per heavy atom. The van der Waals surface area contributed by atoms with Crippen LogP contribution in [0.25, 0.3) is 0 Å². The molecule has 1 aromatic carbocycles. The number of quaternary nitrogens is 1.